The fourth-order valence-electron chi connectivity index (χ4n) is 1.77. The molecule has 0 amide bonds. The quantitative estimate of drug-likeness (QED) is 0.615. The zero-order chi connectivity index (χ0) is 12.3. The van der Waals surface area contributed by atoms with E-state index in [1.54, 1.807) is 6.92 Å². The Kier molecular flexibility index (Phi) is 3.65. The molecule has 1 rings (SSSR count). The van der Waals surface area contributed by atoms with Gasteiger partial charge in [-0.1, -0.05) is 13.3 Å². The molecule has 1 heterocycles. The molecule has 16 heavy (non-hydrogen) atoms. The van der Waals surface area contributed by atoms with Gasteiger partial charge in [-0.2, -0.15) is 0 Å². The number of hydrogen-bond donors (Lipinski definition) is 1. The van der Waals surface area contributed by atoms with Crippen LogP contribution < -0.4 is 0 Å². The third-order valence-electron chi connectivity index (χ3n) is 2.40. The van der Waals surface area contributed by atoms with Gasteiger partial charge in [0, 0.05) is 12.6 Å². The van der Waals surface area contributed by atoms with E-state index in [2.05, 4.69) is 0 Å². The highest BCUT2D eigenvalue weighted by atomic mass is 16.6. The molecule has 0 fully saturated rings. The van der Waals surface area contributed by atoms with E-state index in [-0.39, 0.29) is 11.4 Å². The zero-order valence-electron chi connectivity index (χ0n) is 9.27. The molecule has 6 heteroatoms. The minimum atomic E-state index is -1.13. The van der Waals surface area contributed by atoms with Crippen molar-refractivity contribution in [3.63, 3.8) is 0 Å². The van der Waals surface area contributed by atoms with Gasteiger partial charge in [0.05, 0.1) is 10.6 Å². The van der Waals surface area contributed by atoms with Gasteiger partial charge in [-0.3, -0.25) is 10.1 Å². The molecule has 1 aromatic heterocycles. The van der Waals surface area contributed by atoms with Crippen LogP contribution in [-0.4, -0.2) is 20.6 Å². The molecule has 1 N–H and O–H groups in total. The third kappa shape index (κ3) is 2.05. The molecule has 0 aliphatic rings. The van der Waals surface area contributed by atoms with E-state index < -0.39 is 10.9 Å². The number of rotatable bonds is 5. The summed E-state index contributed by atoms with van der Waals surface area (Å²) in [7, 11) is 0. The molecule has 0 bridgehead atoms. The smallest absolute Gasteiger partial charge is 0.352 e. The van der Waals surface area contributed by atoms with Gasteiger partial charge in [0.15, 0.2) is 0 Å². The summed E-state index contributed by atoms with van der Waals surface area (Å²) in [6, 6.07) is 1.14. The van der Waals surface area contributed by atoms with Crippen LogP contribution in [-0.2, 0) is 13.0 Å². The van der Waals surface area contributed by atoms with Crippen LogP contribution in [0.4, 0.5) is 5.69 Å². The van der Waals surface area contributed by atoms with Crippen LogP contribution in [0.3, 0.4) is 0 Å². The summed E-state index contributed by atoms with van der Waals surface area (Å²) in [5.41, 5.74) is 0.381. The lowest BCUT2D eigenvalue weighted by molar-refractivity contribution is -0.385. The van der Waals surface area contributed by atoms with Crippen molar-refractivity contribution >= 4 is 11.7 Å². The number of aromatic nitrogens is 1. The highest BCUT2D eigenvalue weighted by Crippen LogP contribution is 2.25. The maximum Gasteiger partial charge on any atom is 0.352 e. The van der Waals surface area contributed by atoms with Crippen molar-refractivity contribution in [1.29, 1.82) is 0 Å². The van der Waals surface area contributed by atoms with Crippen LogP contribution in [0, 0.1) is 10.1 Å². The predicted molar refractivity (Wildman–Crippen MR) is 57.7 cm³/mol. The molecular weight excluding hydrogens is 212 g/mol. The molecule has 0 spiro atoms. The number of carbonyl (C=O) groups is 1. The van der Waals surface area contributed by atoms with Crippen LogP contribution >= 0.6 is 0 Å². The fourth-order valence-corrected chi connectivity index (χ4v) is 1.77. The highest BCUT2D eigenvalue weighted by molar-refractivity contribution is 5.87. The third-order valence-corrected chi connectivity index (χ3v) is 2.40. The van der Waals surface area contributed by atoms with Gasteiger partial charge < -0.3 is 9.67 Å². The van der Waals surface area contributed by atoms with E-state index in [0.29, 0.717) is 18.7 Å². The highest BCUT2D eigenvalue weighted by Gasteiger charge is 2.24. The van der Waals surface area contributed by atoms with Crippen molar-refractivity contribution in [1.82, 2.24) is 4.57 Å². The second-order valence-corrected chi connectivity index (χ2v) is 3.42. The Morgan fingerprint density at radius 1 is 1.56 bits per heavy atom. The summed E-state index contributed by atoms with van der Waals surface area (Å²) in [6.07, 6.45) is 1.25. The Morgan fingerprint density at radius 3 is 2.56 bits per heavy atom. The molecule has 0 saturated carbocycles. The molecule has 0 aromatic carbocycles. The zero-order valence-corrected chi connectivity index (χ0v) is 9.27. The number of carboxylic acid groups (broad SMARTS) is 1. The second kappa shape index (κ2) is 4.78. The van der Waals surface area contributed by atoms with Gasteiger partial charge in [-0.15, -0.1) is 0 Å². The van der Waals surface area contributed by atoms with Crippen LogP contribution in [0.2, 0.25) is 0 Å². The molecule has 0 saturated heterocycles. The predicted octanol–water partition coefficient (Wildman–Crippen LogP) is 2.07. The number of aromatic carboxylic acids is 1. The standard InChI is InChI=1S/C10H14N2O4/c1-3-5-7-8(12(15)16)6-9(10(13)14)11(7)4-2/h6H,3-5H2,1-2H3,(H,13,14). The van der Waals surface area contributed by atoms with Gasteiger partial charge in [0.2, 0.25) is 0 Å². The monoisotopic (exact) mass is 226 g/mol. The van der Waals surface area contributed by atoms with Gasteiger partial charge >= 0.3 is 5.97 Å². The molecule has 0 unspecified atom stereocenters. The van der Waals surface area contributed by atoms with Crippen molar-refractivity contribution in [3.05, 3.63) is 27.6 Å². The average Bonchev–Trinajstić information content (AvgIpc) is 2.57. The van der Waals surface area contributed by atoms with E-state index in [4.69, 9.17) is 5.11 Å². The molecular formula is C10H14N2O4. The molecule has 88 valence electrons. The summed E-state index contributed by atoms with van der Waals surface area (Å²) >= 11 is 0. The Bertz CT molecular complexity index is 423. The van der Waals surface area contributed by atoms with Crippen LogP contribution in [0.5, 0.6) is 0 Å². The maximum absolute atomic E-state index is 10.9. The van der Waals surface area contributed by atoms with E-state index >= 15 is 0 Å². The molecule has 0 atom stereocenters. The van der Waals surface area contributed by atoms with Crippen LogP contribution in [0.1, 0.15) is 36.5 Å². The van der Waals surface area contributed by atoms with E-state index in [1.165, 1.54) is 4.57 Å². The maximum atomic E-state index is 10.9. The summed E-state index contributed by atoms with van der Waals surface area (Å²) in [4.78, 5) is 21.2. The lowest BCUT2D eigenvalue weighted by Gasteiger charge is -2.06. The van der Waals surface area contributed by atoms with Gasteiger partial charge in [-0.25, -0.2) is 4.79 Å². The SMILES string of the molecule is CCCc1c([N+](=O)[O-])cc(C(=O)O)n1CC. The second-order valence-electron chi connectivity index (χ2n) is 3.42. The Labute approximate surface area is 92.6 Å². The lowest BCUT2D eigenvalue weighted by atomic mass is 10.2. The number of nitro groups is 1. The van der Waals surface area contributed by atoms with Crippen LogP contribution in [0.15, 0.2) is 6.07 Å². The Balaban J connectivity index is 3.39. The molecule has 1 aromatic rings. The normalized spacial score (nSPS) is 10.4. The van der Waals surface area contributed by atoms with Crippen molar-refractivity contribution in [2.75, 3.05) is 0 Å². The van der Waals surface area contributed by atoms with Crippen LogP contribution in [0.25, 0.3) is 0 Å². The van der Waals surface area contributed by atoms with Crippen molar-refractivity contribution < 1.29 is 14.8 Å². The van der Waals surface area contributed by atoms with Gasteiger partial charge in [0.1, 0.15) is 5.69 Å². The van der Waals surface area contributed by atoms with E-state index in [9.17, 15) is 14.9 Å². The number of nitrogens with zero attached hydrogens (tertiary/aromatic N) is 2. The molecule has 0 radical (unpaired) electrons. The van der Waals surface area contributed by atoms with E-state index in [1.807, 2.05) is 6.92 Å². The average molecular weight is 226 g/mol. The van der Waals surface area contributed by atoms with Crippen molar-refractivity contribution in [2.45, 2.75) is 33.2 Å². The molecule has 6 nitrogen and oxygen atoms in total. The number of carboxylic acids is 1. The molecule has 0 aliphatic carbocycles. The number of hydrogen-bond acceptors (Lipinski definition) is 3. The first-order valence-electron chi connectivity index (χ1n) is 5.13. The minimum Gasteiger partial charge on any atom is -0.477 e. The summed E-state index contributed by atoms with van der Waals surface area (Å²) < 4.78 is 1.49. The largest absolute Gasteiger partial charge is 0.477 e. The van der Waals surface area contributed by atoms with Crippen molar-refractivity contribution in [2.24, 2.45) is 0 Å². The van der Waals surface area contributed by atoms with Crippen molar-refractivity contribution in [3.8, 4) is 0 Å². The lowest BCUT2D eigenvalue weighted by Crippen LogP contribution is -2.10. The first-order chi connectivity index (χ1) is 7.52. The first kappa shape index (κ1) is 12.2. The summed E-state index contributed by atoms with van der Waals surface area (Å²) in [5.74, 6) is -1.13. The summed E-state index contributed by atoms with van der Waals surface area (Å²) in [6.45, 7) is 4.09. The van der Waals surface area contributed by atoms with Gasteiger partial charge in [0.25, 0.3) is 5.69 Å². The molecule has 0 aliphatic heterocycles. The Hall–Kier alpha value is -1.85. The first-order valence-corrected chi connectivity index (χ1v) is 5.13. The minimum absolute atomic E-state index is 0.0161. The topological polar surface area (TPSA) is 85.4 Å². The fraction of sp³-hybridized carbons (Fsp3) is 0.500. The van der Waals surface area contributed by atoms with Gasteiger partial charge in [-0.05, 0) is 13.3 Å². The Morgan fingerprint density at radius 2 is 2.19 bits per heavy atom. The summed E-state index contributed by atoms with van der Waals surface area (Å²) in [5, 5.41) is 19.7. The van der Waals surface area contributed by atoms with E-state index in [0.717, 1.165) is 12.5 Å².